The standard InChI is InChI=1S/C14H22N2O4/c1-14(2,3)20-13(18)15(9-10-17)11-16(19)12-7-5-4-6-8-12/h4-8,17,19H,9-11H2,1-3H3. The number of carbonyl (C=O) groups is 1. The quantitative estimate of drug-likeness (QED) is 0.639. The van der Waals surface area contributed by atoms with Crippen LogP contribution in [0.5, 0.6) is 0 Å². The van der Waals surface area contributed by atoms with E-state index in [-0.39, 0.29) is 19.8 Å². The zero-order valence-electron chi connectivity index (χ0n) is 12.1. The van der Waals surface area contributed by atoms with Crippen LogP contribution in [0.3, 0.4) is 0 Å². The summed E-state index contributed by atoms with van der Waals surface area (Å²) in [6.07, 6.45) is -0.582. The van der Waals surface area contributed by atoms with Gasteiger partial charge in [0.15, 0.2) is 0 Å². The predicted molar refractivity (Wildman–Crippen MR) is 75.6 cm³/mol. The molecule has 0 atom stereocenters. The Morgan fingerprint density at radius 1 is 1.25 bits per heavy atom. The fourth-order valence-electron chi connectivity index (χ4n) is 1.51. The van der Waals surface area contributed by atoms with Crippen molar-refractivity contribution < 1.29 is 19.8 Å². The number of ether oxygens (including phenoxy) is 1. The first-order valence-electron chi connectivity index (χ1n) is 6.44. The van der Waals surface area contributed by atoms with Gasteiger partial charge in [0.2, 0.25) is 0 Å². The minimum atomic E-state index is -0.627. The average Bonchev–Trinajstić information content (AvgIpc) is 2.37. The molecule has 0 spiro atoms. The summed E-state index contributed by atoms with van der Waals surface area (Å²) in [4.78, 5) is 13.2. The van der Waals surface area contributed by atoms with Crippen molar-refractivity contribution >= 4 is 11.8 Å². The number of aliphatic hydroxyl groups is 1. The van der Waals surface area contributed by atoms with Crippen LogP contribution in [0.4, 0.5) is 10.5 Å². The maximum atomic E-state index is 12.0. The number of carbonyl (C=O) groups excluding carboxylic acids is 1. The van der Waals surface area contributed by atoms with Crippen molar-refractivity contribution in [2.24, 2.45) is 0 Å². The van der Waals surface area contributed by atoms with E-state index in [2.05, 4.69) is 0 Å². The molecule has 0 aliphatic carbocycles. The summed E-state index contributed by atoms with van der Waals surface area (Å²) in [5.41, 5.74) is -0.0725. The molecular weight excluding hydrogens is 260 g/mol. The highest BCUT2D eigenvalue weighted by Gasteiger charge is 2.23. The summed E-state index contributed by atoms with van der Waals surface area (Å²) < 4.78 is 5.23. The number of anilines is 1. The van der Waals surface area contributed by atoms with Crippen molar-refractivity contribution in [3.63, 3.8) is 0 Å². The van der Waals surface area contributed by atoms with Gasteiger partial charge in [0.05, 0.1) is 12.3 Å². The SMILES string of the molecule is CC(C)(C)OC(=O)N(CCO)CN(O)c1ccccc1. The van der Waals surface area contributed by atoms with Gasteiger partial charge >= 0.3 is 6.09 Å². The second-order valence-corrected chi connectivity index (χ2v) is 5.34. The molecule has 1 amide bonds. The molecule has 0 aromatic heterocycles. The van der Waals surface area contributed by atoms with Crippen LogP contribution in [0.1, 0.15) is 20.8 Å². The van der Waals surface area contributed by atoms with Crippen molar-refractivity contribution in [2.75, 3.05) is 24.9 Å². The molecule has 2 N–H and O–H groups in total. The van der Waals surface area contributed by atoms with Crippen LogP contribution >= 0.6 is 0 Å². The Morgan fingerprint density at radius 2 is 1.85 bits per heavy atom. The van der Waals surface area contributed by atoms with Crippen LogP contribution in [0.25, 0.3) is 0 Å². The Labute approximate surface area is 119 Å². The van der Waals surface area contributed by atoms with Gasteiger partial charge < -0.3 is 9.84 Å². The molecule has 1 aromatic rings. The lowest BCUT2D eigenvalue weighted by atomic mass is 10.2. The zero-order valence-corrected chi connectivity index (χ0v) is 12.1. The van der Waals surface area contributed by atoms with Gasteiger partial charge in [-0.15, -0.1) is 0 Å². The second-order valence-electron chi connectivity index (χ2n) is 5.34. The summed E-state index contributed by atoms with van der Waals surface area (Å²) in [5, 5.41) is 19.9. The van der Waals surface area contributed by atoms with Crippen LogP contribution in [-0.4, -0.2) is 46.7 Å². The van der Waals surface area contributed by atoms with Crippen molar-refractivity contribution in [1.29, 1.82) is 0 Å². The lowest BCUT2D eigenvalue weighted by molar-refractivity contribution is 0.0165. The van der Waals surface area contributed by atoms with E-state index in [4.69, 9.17) is 9.84 Å². The third-order valence-electron chi connectivity index (χ3n) is 2.38. The molecule has 1 aromatic carbocycles. The van der Waals surface area contributed by atoms with Gasteiger partial charge in [0.25, 0.3) is 0 Å². The number of rotatable bonds is 5. The largest absolute Gasteiger partial charge is 0.444 e. The molecular formula is C14H22N2O4. The van der Waals surface area contributed by atoms with E-state index in [1.807, 2.05) is 6.07 Å². The molecule has 6 heteroatoms. The first-order valence-corrected chi connectivity index (χ1v) is 6.44. The molecule has 0 saturated heterocycles. The Balaban J connectivity index is 2.69. The number of para-hydroxylation sites is 1. The first kappa shape index (κ1) is 16.3. The van der Waals surface area contributed by atoms with Crippen LogP contribution < -0.4 is 5.06 Å². The number of amides is 1. The highest BCUT2D eigenvalue weighted by Crippen LogP contribution is 2.14. The summed E-state index contributed by atoms with van der Waals surface area (Å²) in [5.74, 6) is 0. The van der Waals surface area contributed by atoms with Crippen LogP contribution in [0.15, 0.2) is 30.3 Å². The van der Waals surface area contributed by atoms with Crippen LogP contribution in [-0.2, 0) is 4.74 Å². The van der Waals surface area contributed by atoms with E-state index in [1.165, 1.54) is 4.90 Å². The number of nitrogens with zero attached hydrogens (tertiary/aromatic N) is 2. The Hall–Kier alpha value is -1.79. The first-order chi connectivity index (χ1) is 9.33. The Kier molecular flexibility index (Phi) is 5.79. The van der Waals surface area contributed by atoms with Gasteiger partial charge in [-0.25, -0.2) is 9.86 Å². The molecule has 0 unspecified atom stereocenters. The molecule has 20 heavy (non-hydrogen) atoms. The predicted octanol–water partition coefficient (Wildman–Crippen LogP) is 2.07. The van der Waals surface area contributed by atoms with Crippen LogP contribution in [0, 0.1) is 0 Å². The van der Waals surface area contributed by atoms with E-state index >= 15 is 0 Å². The van der Waals surface area contributed by atoms with Gasteiger partial charge in [0, 0.05) is 6.54 Å². The van der Waals surface area contributed by atoms with Gasteiger partial charge in [0.1, 0.15) is 12.3 Å². The monoisotopic (exact) mass is 282 g/mol. The van der Waals surface area contributed by atoms with E-state index < -0.39 is 11.7 Å². The van der Waals surface area contributed by atoms with Crippen molar-refractivity contribution in [2.45, 2.75) is 26.4 Å². The van der Waals surface area contributed by atoms with E-state index in [0.29, 0.717) is 5.69 Å². The molecule has 0 heterocycles. The number of aliphatic hydroxyl groups excluding tert-OH is 1. The number of hydrogen-bond donors (Lipinski definition) is 2. The van der Waals surface area contributed by atoms with Crippen LogP contribution in [0.2, 0.25) is 0 Å². The third-order valence-corrected chi connectivity index (χ3v) is 2.38. The van der Waals surface area contributed by atoms with Gasteiger partial charge in [-0.2, -0.15) is 0 Å². The zero-order chi connectivity index (χ0) is 15.2. The lowest BCUT2D eigenvalue weighted by Gasteiger charge is -2.29. The second kappa shape index (κ2) is 7.12. The average molecular weight is 282 g/mol. The van der Waals surface area contributed by atoms with Crippen molar-refractivity contribution in [3.05, 3.63) is 30.3 Å². The Morgan fingerprint density at radius 3 is 2.35 bits per heavy atom. The normalized spacial score (nSPS) is 11.1. The summed E-state index contributed by atoms with van der Waals surface area (Å²) in [6, 6.07) is 8.82. The number of hydrogen-bond acceptors (Lipinski definition) is 5. The smallest absolute Gasteiger partial charge is 0.411 e. The van der Waals surface area contributed by atoms with E-state index in [9.17, 15) is 10.0 Å². The molecule has 0 radical (unpaired) electrons. The minimum Gasteiger partial charge on any atom is -0.444 e. The maximum absolute atomic E-state index is 12.0. The summed E-state index contributed by atoms with van der Waals surface area (Å²) in [7, 11) is 0. The molecule has 0 saturated carbocycles. The topological polar surface area (TPSA) is 73.2 Å². The van der Waals surface area contributed by atoms with Crippen molar-refractivity contribution in [3.8, 4) is 0 Å². The van der Waals surface area contributed by atoms with Gasteiger partial charge in [-0.05, 0) is 32.9 Å². The highest BCUT2D eigenvalue weighted by molar-refractivity contribution is 5.68. The van der Waals surface area contributed by atoms with E-state index in [1.54, 1.807) is 45.0 Å². The van der Waals surface area contributed by atoms with Crippen molar-refractivity contribution in [1.82, 2.24) is 4.90 Å². The molecule has 0 fully saturated rings. The Bertz CT molecular complexity index is 417. The molecule has 0 aliphatic heterocycles. The maximum Gasteiger partial charge on any atom is 0.411 e. The van der Waals surface area contributed by atoms with Gasteiger partial charge in [-0.3, -0.25) is 10.1 Å². The van der Waals surface area contributed by atoms with E-state index in [0.717, 1.165) is 5.06 Å². The fourth-order valence-corrected chi connectivity index (χ4v) is 1.51. The molecule has 0 bridgehead atoms. The third kappa shape index (κ3) is 5.46. The number of benzene rings is 1. The summed E-state index contributed by atoms with van der Waals surface area (Å²) >= 11 is 0. The lowest BCUT2D eigenvalue weighted by Crippen LogP contribution is -2.44. The fraction of sp³-hybridized carbons (Fsp3) is 0.500. The minimum absolute atomic E-state index is 0.0821. The summed E-state index contributed by atoms with van der Waals surface area (Å²) in [6.45, 7) is 5.07. The molecule has 112 valence electrons. The van der Waals surface area contributed by atoms with Gasteiger partial charge in [-0.1, -0.05) is 18.2 Å². The molecule has 0 aliphatic rings. The number of hydroxylamine groups is 1. The molecule has 1 rings (SSSR count). The highest BCUT2D eigenvalue weighted by atomic mass is 16.6. The molecule has 6 nitrogen and oxygen atoms in total.